The summed E-state index contributed by atoms with van der Waals surface area (Å²) in [7, 11) is 0. The van der Waals surface area contributed by atoms with Gasteiger partial charge in [-0.05, 0) is 12.8 Å². The summed E-state index contributed by atoms with van der Waals surface area (Å²) in [5.41, 5.74) is 5.83. The Labute approximate surface area is 142 Å². The first kappa shape index (κ1) is 18.5. The van der Waals surface area contributed by atoms with E-state index in [4.69, 9.17) is 15.6 Å². The Morgan fingerprint density at radius 3 is 2.62 bits per heavy atom. The van der Waals surface area contributed by atoms with Crippen molar-refractivity contribution in [1.82, 2.24) is 19.5 Å². The summed E-state index contributed by atoms with van der Waals surface area (Å²) < 4.78 is 74.0. The summed E-state index contributed by atoms with van der Waals surface area (Å²) in [6.45, 7) is -2.16. The average molecular weight is 383 g/mol. The average Bonchev–Trinajstić information content (AvgIpc) is 3.18. The highest BCUT2D eigenvalue weighted by Gasteiger charge is 2.58. The van der Waals surface area contributed by atoms with Crippen molar-refractivity contribution in [2.45, 2.75) is 37.3 Å². The molecule has 13 heteroatoms. The van der Waals surface area contributed by atoms with E-state index in [2.05, 4.69) is 19.7 Å². The second-order valence-electron chi connectivity index (χ2n) is 5.68. The van der Waals surface area contributed by atoms with Crippen LogP contribution in [0.5, 0.6) is 6.01 Å². The van der Waals surface area contributed by atoms with Gasteiger partial charge in [0.05, 0.1) is 19.0 Å². The van der Waals surface area contributed by atoms with Crippen molar-refractivity contribution in [2.24, 2.45) is 0 Å². The van der Waals surface area contributed by atoms with Crippen molar-refractivity contribution in [2.75, 3.05) is 18.9 Å². The fourth-order valence-electron chi connectivity index (χ4n) is 2.46. The normalized spacial score (nSPS) is 21.5. The monoisotopic (exact) mass is 383 g/mol. The molecule has 0 spiro atoms. The van der Waals surface area contributed by atoms with Crippen LogP contribution in [0.1, 0.15) is 19.1 Å². The summed E-state index contributed by atoms with van der Waals surface area (Å²) in [5, 5.41) is 9.12. The summed E-state index contributed by atoms with van der Waals surface area (Å²) in [5.74, 6) is -5.31. The number of aliphatic hydroxyl groups is 1. The molecular formula is C13H14F5N5O3. The van der Waals surface area contributed by atoms with Crippen LogP contribution in [0.3, 0.4) is 0 Å². The highest BCUT2D eigenvalue weighted by atomic mass is 19.4. The molecule has 1 fully saturated rings. The molecule has 8 nitrogen and oxygen atoms in total. The standard InChI is InChI=1S/C13H14F5N5O3/c14-12(15,13(16,17)18)4-25-11-21-9(19)8-10(22-11)23(5-20-8)7-2-1-6(3-24)26-7/h5-7,24H,1-4H2,(H2,19,21,22)/t6-,7+/m0/s1. The van der Waals surface area contributed by atoms with Crippen molar-refractivity contribution < 1.29 is 36.5 Å². The number of nitrogen functional groups attached to an aromatic ring is 1. The maximum absolute atomic E-state index is 13.0. The molecule has 3 rings (SSSR count). The maximum Gasteiger partial charge on any atom is 0.456 e. The molecule has 0 saturated carbocycles. The number of aromatic nitrogens is 4. The number of ether oxygens (including phenoxy) is 2. The van der Waals surface area contributed by atoms with E-state index in [1.54, 1.807) is 0 Å². The van der Waals surface area contributed by atoms with E-state index >= 15 is 0 Å². The minimum Gasteiger partial charge on any atom is -0.457 e. The zero-order valence-electron chi connectivity index (χ0n) is 13.1. The van der Waals surface area contributed by atoms with E-state index in [1.165, 1.54) is 10.9 Å². The third-order valence-corrected chi connectivity index (χ3v) is 3.82. The fraction of sp³-hybridized carbons (Fsp3) is 0.615. The van der Waals surface area contributed by atoms with Gasteiger partial charge in [0.15, 0.2) is 23.6 Å². The maximum atomic E-state index is 13.0. The van der Waals surface area contributed by atoms with Gasteiger partial charge >= 0.3 is 18.1 Å². The Hall–Kier alpha value is -2.28. The number of nitrogens with two attached hydrogens (primary N) is 1. The number of aliphatic hydroxyl groups excluding tert-OH is 1. The van der Waals surface area contributed by atoms with Gasteiger partial charge in [-0.15, -0.1) is 0 Å². The van der Waals surface area contributed by atoms with Crippen molar-refractivity contribution in [1.29, 1.82) is 0 Å². The van der Waals surface area contributed by atoms with Crippen molar-refractivity contribution in [3.63, 3.8) is 0 Å². The lowest BCUT2D eigenvalue weighted by Gasteiger charge is -2.19. The van der Waals surface area contributed by atoms with Gasteiger partial charge in [0.1, 0.15) is 6.23 Å². The molecule has 2 aromatic heterocycles. The van der Waals surface area contributed by atoms with Crippen LogP contribution in [0.2, 0.25) is 0 Å². The number of anilines is 1. The van der Waals surface area contributed by atoms with E-state index in [-0.39, 0.29) is 29.7 Å². The quantitative estimate of drug-likeness (QED) is 0.756. The third-order valence-electron chi connectivity index (χ3n) is 3.82. The van der Waals surface area contributed by atoms with E-state index < -0.39 is 30.9 Å². The number of fused-ring (bicyclic) bond motifs is 1. The summed E-state index contributed by atoms with van der Waals surface area (Å²) in [6.07, 6.45) is -4.27. The molecule has 0 unspecified atom stereocenters. The van der Waals surface area contributed by atoms with E-state index in [0.29, 0.717) is 12.8 Å². The van der Waals surface area contributed by atoms with Gasteiger partial charge in [-0.3, -0.25) is 4.57 Å². The first-order valence-corrected chi connectivity index (χ1v) is 7.46. The summed E-state index contributed by atoms with van der Waals surface area (Å²) in [6, 6.07) is -0.739. The van der Waals surface area contributed by atoms with E-state index in [9.17, 15) is 22.0 Å². The van der Waals surface area contributed by atoms with Gasteiger partial charge in [-0.1, -0.05) is 0 Å². The first-order valence-electron chi connectivity index (χ1n) is 7.46. The van der Waals surface area contributed by atoms with Crippen LogP contribution >= 0.6 is 0 Å². The number of alkyl halides is 5. The zero-order chi connectivity index (χ0) is 19.1. The van der Waals surface area contributed by atoms with E-state index in [1.807, 2.05) is 0 Å². The summed E-state index contributed by atoms with van der Waals surface area (Å²) >= 11 is 0. The molecule has 144 valence electrons. The SMILES string of the molecule is Nc1nc(OCC(F)(F)C(F)(F)F)nc2c1ncn2[C@H]1CC[C@@H](CO)O1. The second kappa shape index (κ2) is 6.46. The van der Waals surface area contributed by atoms with E-state index in [0.717, 1.165) is 0 Å². The molecule has 2 aromatic rings. The van der Waals surface area contributed by atoms with Gasteiger partial charge < -0.3 is 20.3 Å². The Bertz CT molecular complexity index is 796. The molecule has 0 radical (unpaired) electrons. The number of nitrogens with zero attached hydrogens (tertiary/aromatic N) is 4. The van der Waals surface area contributed by atoms with Crippen LogP contribution in [0, 0.1) is 0 Å². The number of imidazole rings is 1. The lowest BCUT2D eigenvalue weighted by Crippen LogP contribution is -2.42. The van der Waals surface area contributed by atoms with Gasteiger partial charge in [0.2, 0.25) is 0 Å². The predicted molar refractivity (Wildman–Crippen MR) is 76.5 cm³/mol. The Morgan fingerprint density at radius 2 is 2.00 bits per heavy atom. The second-order valence-corrected chi connectivity index (χ2v) is 5.68. The molecule has 0 amide bonds. The molecule has 0 aliphatic carbocycles. The van der Waals surface area contributed by atoms with Crippen LogP contribution in [0.25, 0.3) is 11.2 Å². The Kier molecular flexibility index (Phi) is 4.60. The molecule has 2 atom stereocenters. The highest BCUT2D eigenvalue weighted by Crippen LogP contribution is 2.36. The predicted octanol–water partition coefficient (Wildman–Crippen LogP) is 1.65. The molecular weight excluding hydrogens is 369 g/mol. The van der Waals surface area contributed by atoms with Gasteiger partial charge in [0.25, 0.3) is 0 Å². The molecule has 1 aliphatic heterocycles. The van der Waals surface area contributed by atoms with Crippen molar-refractivity contribution >= 4 is 17.0 Å². The smallest absolute Gasteiger partial charge is 0.456 e. The van der Waals surface area contributed by atoms with Crippen LogP contribution < -0.4 is 10.5 Å². The Morgan fingerprint density at radius 1 is 1.27 bits per heavy atom. The van der Waals surface area contributed by atoms with Crippen molar-refractivity contribution in [3.8, 4) is 6.01 Å². The molecule has 3 heterocycles. The topological polar surface area (TPSA) is 108 Å². The van der Waals surface area contributed by atoms with Crippen LogP contribution in [0.15, 0.2) is 6.33 Å². The number of hydrogen-bond acceptors (Lipinski definition) is 7. The van der Waals surface area contributed by atoms with Crippen LogP contribution in [-0.2, 0) is 4.74 Å². The largest absolute Gasteiger partial charge is 0.457 e. The minimum atomic E-state index is -5.76. The molecule has 0 aromatic carbocycles. The minimum absolute atomic E-state index is 0.0615. The van der Waals surface area contributed by atoms with Gasteiger partial charge in [0, 0.05) is 0 Å². The number of hydrogen-bond donors (Lipinski definition) is 2. The molecule has 0 bridgehead atoms. The Balaban J connectivity index is 1.86. The van der Waals surface area contributed by atoms with Crippen LogP contribution in [0.4, 0.5) is 27.8 Å². The van der Waals surface area contributed by atoms with Gasteiger partial charge in [-0.25, -0.2) is 4.98 Å². The highest BCUT2D eigenvalue weighted by molar-refractivity contribution is 5.82. The molecule has 1 saturated heterocycles. The van der Waals surface area contributed by atoms with Crippen molar-refractivity contribution in [3.05, 3.63) is 6.33 Å². The summed E-state index contributed by atoms with van der Waals surface area (Å²) in [4.78, 5) is 11.4. The molecule has 1 aliphatic rings. The number of halogens is 5. The first-order chi connectivity index (χ1) is 12.1. The zero-order valence-corrected chi connectivity index (χ0v) is 13.1. The van der Waals surface area contributed by atoms with Crippen LogP contribution in [-0.4, -0.2) is 56.0 Å². The van der Waals surface area contributed by atoms with Gasteiger partial charge in [-0.2, -0.15) is 31.9 Å². The fourth-order valence-corrected chi connectivity index (χ4v) is 2.46. The third kappa shape index (κ3) is 3.35. The lowest BCUT2D eigenvalue weighted by molar-refractivity contribution is -0.290. The molecule has 26 heavy (non-hydrogen) atoms. The lowest BCUT2D eigenvalue weighted by atomic mass is 10.2. The molecule has 3 N–H and O–H groups in total. The number of rotatable bonds is 5.